The van der Waals surface area contributed by atoms with E-state index in [1.807, 2.05) is 0 Å². The molecule has 0 unspecified atom stereocenters. The fourth-order valence-corrected chi connectivity index (χ4v) is 4.25. The average molecular weight is 397 g/mol. The summed E-state index contributed by atoms with van der Waals surface area (Å²) in [4.78, 5) is 16.3. The van der Waals surface area contributed by atoms with Gasteiger partial charge in [-0.3, -0.25) is 0 Å². The minimum Gasteiger partial charge on any atom is -0.457 e. The van der Waals surface area contributed by atoms with Gasteiger partial charge >= 0.3 is 5.97 Å². The van der Waals surface area contributed by atoms with Crippen LogP contribution in [-0.2, 0) is 21.4 Å². The highest BCUT2D eigenvalue weighted by Crippen LogP contribution is 2.22. The first kappa shape index (κ1) is 20.4. The van der Waals surface area contributed by atoms with Crippen molar-refractivity contribution in [1.29, 1.82) is 0 Å². The molecule has 0 saturated heterocycles. The molecule has 140 valence electrons. The lowest BCUT2D eigenvalue weighted by molar-refractivity contribution is 0.0472. The van der Waals surface area contributed by atoms with Crippen LogP contribution in [0.1, 0.15) is 35.3 Å². The molecule has 6 nitrogen and oxygen atoms in total. The molecular formula is C18H21ClN2O4S. The number of esters is 1. The van der Waals surface area contributed by atoms with E-state index < -0.39 is 16.0 Å². The molecule has 0 aliphatic rings. The van der Waals surface area contributed by atoms with E-state index in [-0.39, 0.29) is 17.1 Å². The highest BCUT2D eigenvalue weighted by atomic mass is 35.5. The third kappa shape index (κ3) is 4.60. The predicted molar refractivity (Wildman–Crippen MR) is 99.7 cm³/mol. The number of aryl methyl sites for hydroxylation is 1. The van der Waals surface area contributed by atoms with E-state index in [9.17, 15) is 13.2 Å². The number of rotatable bonds is 7. The summed E-state index contributed by atoms with van der Waals surface area (Å²) < 4.78 is 32.1. The molecule has 0 amide bonds. The number of aromatic nitrogens is 1. The highest BCUT2D eigenvalue weighted by molar-refractivity contribution is 7.89. The van der Waals surface area contributed by atoms with Gasteiger partial charge in [0, 0.05) is 24.8 Å². The molecule has 0 atom stereocenters. The van der Waals surface area contributed by atoms with Gasteiger partial charge in [0.1, 0.15) is 11.8 Å². The number of nitrogens with zero attached hydrogens (tertiary/aromatic N) is 2. The Hall–Kier alpha value is -1.96. The molecule has 1 aromatic heterocycles. The quantitative estimate of drug-likeness (QED) is 0.529. The maximum Gasteiger partial charge on any atom is 0.338 e. The molecule has 0 fully saturated rings. The lowest BCUT2D eigenvalue weighted by atomic mass is 10.1. The molecule has 0 N–H and O–H groups in total. The standard InChI is InChI=1S/C18H21ClN2O4S/c1-4-21(5-2)26(23,24)16-10-15(8-6-13(16)3)18(22)25-12-14-7-9-17(19)20-11-14/h6-11H,4-5,12H2,1-3H3. The molecule has 0 spiro atoms. The molecular weight excluding hydrogens is 376 g/mol. The van der Waals surface area contributed by atoms with E-state index in [1.165, 1.54) is 16.6 Å². The van der Waals surface area contributed by atoms with Gasteiger partial charge in [0.2, 0.25) is 10.0 Å². The lowest BCUT2D eigenvalue weighted by Gasteiger charge is -2.20. The van der Waals surface area contributed by atoms with E-state index in [4.69, 9.17) is 16.3 Å². The Morgan fingerprint density at radius 1 is 1.19 bits per heavy atom. The van der Waals surface area contributed by atoms with E-state index in [0.717, 1.165) is 0 Å². The van der Waals surface area contributed by atoms with Crippen molar-refractivity contribution in [2.75, 3.05) is 13.1 Å². The average Bonchev–Trinajstić information content (AvgIpc) is 2.62. The molecule has 1 heterocycles. The number of benzene rings is 1. The van der Waals surface area contributed by atoms with Crippen LogP contribution >= 0.6 is 11.6 Å². The molecule has 0 aliphatic heterocycles. The smallest absolute Gasteiger partial charge is 0.338 e. The van der Waals surface area contributed by atoms with E-state index in [1.54, 1.807) is 45.0 Å². The molecule has 0 bridgehead atoms. The zero-order valence-corrected chi connectivity index (χ0v) is 16.5. The van der Waals surface area contributed by atoms with Crippen molar-refractivity contribution in [3.05, 3.63) is 58.4 Å². The Morgan fingerprint density at radius 3 is 2.46 bits per heavy atom. The van der Waals surface area contributed by atoms with Crippen molar-refractivity contribution in [3.63, 3.8) is 0 Å². The largest absolute Gasteiger partial charge is 0.457 e. The number of halogens is 1. The van der Waals surface area contributed by atoms with Crippen molar-refractivity contribution in [3.8, 4) is 0 Å². The third-order valence-corrected chi connectivity index (χ3v) is 6.32. The third-order valence-electron chi connectivity index (χ3n) is 3.91. The number of carbonyl (C=O) groups excluding carboxylic acids is 1. The Kier molecular flexibility index (Phi) is 6.75. The number of ether oxygens (including phenoxy) is 1. The van der Waals surface area contributed by atoms with Crippen molar-refractivity contribution in [1.82, 2.24) is 9.29 Å². The van der Waals surface area contributed by atoms with Gasteiger partial charge in [0.05, 0.1) is 10.5 Å². The SMILES string of the molecule is CCN(CC)S(=O)(=O)c1cc(C(=O)OCc2ccc(Cl)nc2)ccc1C. The fourth-order valence-electron chi connectivity index (χ4n) is 2.43. The van der Waals surface area contributed by atoms with Crippen LogP contribution in [0.25, 0.3) is 0 Å². The number of pyridine rings is 1. The Morgan fingerprint density at radius 2 is 1.88 bits per heavy atom. The highest BCUT2D eigenvalue weighted by Gasteiger charge is 2.25. The van der Waals surface area contributed by atoms with Crippen molar-refractivity contribution in [2.24, 2.45) is 0 Å². The van der Waals surface area contributed by atoms with Gasteiger partial charge < -0.3 is 4.74 Å². The minimum absolute atomic E-state index is 0.0228. The molecule has 0 saturated carbocycles. The zero-order chi connectivity index (χ0) is 19.3. The molecule has 8 heteroatoms. The summed E-state index contributed by atoms with van der Waals surface area (Å²) in [6.45, 7) is 5.98. The van der Waals surface area contributed by atoms with Crippen LogP contribution in [0.15, 0.2) is 41.4 Å². The van der Waals surface area contributed by atoms with Crippen molar-refractivity contribution >= 4 is 27.6 Å². The molecule has 0 aliphatic carbocycles. The topological polar surface area (TPSA) is 76.6 Å². The molecule has 2 aromatic rings. The van der Waals surface area contributed by atoms with E-state index in [2.05, 4.69) is 4.98 Å². The van der Waals surface area contributed by atoms with Crippen molar-refractivity contribution < 1.29 is 17.9 Å². The van der Waals surface area contributed by atoms with Gasteiger partial charge in [-0.05, 0) is 30.7 Å². The maximum absolute atomic E-state index is 12.8. The van der Waals surface area contributed by atoms with Gasteiger partial charge in [-0.2, -0.15) is 4.31 Å². The normalized spacial score (nSPS) is 11.6. The Bertz CT molecular complexity index is 879. The summed E-state index contributed by atoms with van der Waals surface area (Å²) in [6, 6.07) is 7.83. The minimum atomic E-state index is -3.66. The van der Waals surface area contributed by atoms with Crippen LogP contribution in [0.2, 0.25) is 5.15 Å². The Balaban J connectivity index is 2.22. The van der Waals surface area contributed by atoms with Gasteiger partial charge in [-0.15, -0.1) is 0 Å². The molecule has 2 rings (SSSR count). The number of hydrogen-bond donors (Lipinski definition) is 0. The van der Waals surface area contributed by atoms with Crippen molar-refractivity contribution in [2.45, 2.75) is 32.3 Å². The monoisotopic (exact) mass is 396 g/mol. The summed E-state index contributed by atoms with van der Waals surface area (Å²) in [7, 11) is -3.66. The zero-order valence-electron chi connectivity index (χ0n) is 14.9. The second-order valence-corrected chi connectivity index (χ2v) is 7.93. The summed E-state index contributed by atoms with van der Waals surface area (Å²) in [5.41, 5.74) is 1.45. The second-order valence-electron chi connectivity index (χ2n) is 5.63. The van der Waals surface area contributed by atoms with Crippen LogP contribution < -0.4 is 0 Å². The van der Waals surface area contributed by atoms with Crippen LogP contribution in [0.4, 0.5) is 0 Å². The molecule has 0 radical (unpaired) electrons. The molecule has 26 heavy (non-hydrogen) atoms. The first-order valence-electron chi connectivity index (χ1n) is 8.18. The summed E-state index contributed by atoms with van der Waals surface area (Å²) in [6.07, 6.45) is 1.51. The van der Waals surface area contributed by atoms with E-state index >= 15 is 0 Å². The number of sulfonamides is 1. The van der Waals surface area contributed by atoms with Crippen LogP contribution in [-0.4, -0.2) is 36.8 Å². The second kappa shape index (κ2) is 8.62. The molecule has 1 aromatic carbocycles. The van der Waals surface area contributed by atoms with Gasteiger partial charge in [-0.1, -0.05) is 37.6 Å². The lowest BCUT2D eigenvalue weighted by Crippen LogP contribution is -2.31. The van der Waals surface area contributed by atoms with Crippen LogP contribution in [0.5, 0.6) is 0 Å². The summed E-state index contributed by atoms with van der Waals surface area (Å²) in [5.74, 6) is -0.601. The Labute approximate surface area is 158 Å². The van der Waals surface area contributed by atoms with E-state index in [0.29, 0.717) is 29.4 Å². The summed E-state index contributed by atoms with van der Waals surface area (Å²) in [5, 5.41) is 0.352. The number of carbonyl (C=O) groups is 1. The van der Waals surface area contributed by atoms with Crippen LogP contribution in [0.3, 0.4) is 0 Å². The van der Waals surface area contributed by atoms with Gasteiger partial charge in [0.25, 0.3) is 0 Å². The number of hydrogen-bond acceptors (Lipinski definition) is 5. The first-order chi connectivity index (χ1) is 12.3. The maximum atomic E-state index is 12.8. The predicted octanol–water partition coefficient (Wildman–Crippen LogP) is 3.43. The first-order valence-corrected chi connectivity index (χ1v) is 9.99. The fraction of sp³-hybridized carbons (Fsp3) is 0.333. The van der Waals surface area contributed by atoms with Gasteiger partial charge in [0.15, 0.2) is 0 Å². The summed E-state index contributed by atoms with van der Waals surface area (Å²) >= 11 is 5.71. The van der Waals surface area contributed by atoms with Gasteiger partial charge in [-0.25, -0.2) is 18.2 Å². The van der Waals surface area contributed by atoms with Crippen LogP contribution in [0, 0.1) is 6.92 Å².